The first kappa shape index (κ1) is 17.5. The van der Waals surface area contributed by atoms with Crippen molar-refractivity contribution in [2.75, 3.05) is 6.61 Å². The molecule has 25 heavy (non-hydrogen) atoms. The van der Waals surface area contributed by atoms with Crippen LogP contribution in [0.4, 0.5) is 0 Å². The van der Waals surface area contributed by atoms with Crippen LogP contribution in [0.15, 0.2) is 29.2 Å². The van der Waals surface area contributed by atoms with Gasteiger partial charge < -0.3 is 14.4 Å². The molecule has 6 heteroatoms. The third-order valence-electron chi connectivity index (χ3n) is 4.58. The van der Waals surface area contributed by atoms with E-state index in [1.165, 1.54) is 6.07 Å². The minimum absolute atomic E-state index is 0.0295. The zero-order valence-electron chi connectivity index (χ0n) is 14.4. The highest BCUT2D eigenvalue weighted by Crippen LogP contribution is 2.41. The quantitative estimate of drug-likeness (QED) is 0.844. The summed E-state index contributed by atoms with van der Waals surface area (Å²) in [4.78, 5) is 24.5. The number of pyridine rings is 1. The Kier molecular flexibility index (Phi) is 4.60. The summed E-state index contributed by atoms with van der Waals surface area (Å²) in [5, 5.41) is 10.1. The predicted octanol–water partition coefficient (Wildman–Crippen LogP) is 3.80. The Balaban J connectivity index is 2.25. The van der Waals surface area contributed by atoms with Gasteiger partial charge in [-0.3, -0.25) is 4.79 Å². The minimum atomic E-state index is -0.611. The van der Waals surface area contributed by atoms with Gasteiger partial charge in [0.15, 0.2) is 5.43 Å². The van der Waals surface area contributed by atoms with E-state index in [-0.39, 0.29) is 40.3 Å². The fraction of sp³-hybridized carbons (Fsp3) is 0.368. The Morgan fingerprint density at radius 2 is 2.12 bits per heavy atom. The van der Waals surface area contributed by atoms with Crippen molar-refractivity contribution < 1.29 is 14.6 Å². The van der Waals surface area contributed by atoms with Crippen LogP contribution in [0.2, 0.25) is 5.02 Å². The molecule has 2 heterocycles. The normalized spacial score (nSPS) is 15.6. The van der Waals surface area contributed by atoms with E-state index in [4.69, 9.17) is 16.3 Å². The summed E-state index contributed by atoms with van der Waals surface area (Å²) in [7, 11) is 0. The summed E-state index contributed by atoms with van der Waals surface area (Å²) in [6, 6.07) is 4.82. The van der Waals surface area contributed by atoms with Gasteiger partial charge in [-0.2, -0.15) is 0 Å². The number of rotatable bonds is 3. The number of nitrogens with zero attached hydrogens (tertiary/aromatic N) is 1. The van der Waals surface area contributed by atoms with Gasteiger partial charge in [-0.15, -0.1) is 0 Å². The molecule has 132 valence electrons. The lowest BCUT2D eigenvalue weighted by molar-refractivity contribution is 0.0523. The van der Waals surface area contributed by atoms with Crippen LogP contribution >= 0.6 is 11.6 Å². The van der Waals surface area contributed by atoms with Crippen molar-refractivity contribution in [1.29, 1.82) is 0 Å². The third-order valence-corrected chi connectivity index (χ3v) is 4.88. The smallest absolute Gasteiger partial charge is 0.343 e. The second-order valence-corrected chi connectivity index (χ2v) is 6.95. The third kappa shape index (κ3) is 3.04. The van der Waals surface area contributed by atoms with E-state index in [9.17, 15) is 14.7 Å². The van der Waals surface area contributed by atoms with E-state index in [1.54, 1.807) is 25.3 Å². The number of esters is 1. The molecule has 0 amide bonds. The molecule has 0 saturated carbocycles. The molecule has 1 aliphatic heterocycles. The van der Waals surface area contributed by atoms with Crippen molar-refractivity contribution in [3.63, 3.8) is 0 Å². The molecular formula is C19H20ClNO4. The largest absolute Gasteiger partial charge is 0.506 e. The number of benzene rings is 1. The van der Waals surface area contributed by atoms with E-state index < -0.39 is 5.97 Å². The number of carbonyl (C=O) groups is 1. The second kappa shape index (κ2) is 6.56. The van der Waals surface area contributed by atoms with Crippen molar-refractivity contribution in [3.8, 4) is 17.0 Å². The molecule has 0 bridgehead atoms. The van der Waals surface area contributed by atoms with Crippen LogP contribution in [0.1, 0.15) is 42.7 Å². The van der Waals surface area contributed by atoms with Gasteiger partial charge in [0.2, 0.25) is 0 Å². The van der Waals surface area contributed by atoms with Crippen LogP contribution in [-0.2, 0) is 11.2 Å². The van der Waals surface area contributed by atoms with Crippen LogP contribution in [-0.4, -0.2) is 22.2 Å². The van der Waals surface area contributed by atoms with Crippen LogP contribution in [0.25, 0.3) is 11.3 Å². The molecule has 2 aromatic rings. The minimum Gasteiger partial charge on any atom is -0.506 e. The maximum atomic E-state index is 12.4. The van der Waals surface area contributed by atoms with Gasteiger partial charge in [-0.05, 0) is 37.0 Å². The van der Waals surface area contributed by atoms with Crippen molar-refractivity contribution in [3.05, 3.63) is 50.8 Å². The zero-order chi connectivity index (χ0) is 18.3. The molecule has 0 spiro atoms. The molecule has 5 nitrogen and oxygen atoms in total. The van der Waals surface area contributed by atoms with Crippen LogP contribution in [0.3, 0.4) is 0 Å². The summed E-state index contributed by atoms with van der Waals surface area (Å²) in [6.07, 6.45) is 2.26. The lowest BCUT2D eigenvalue weighted by Crippen LogP contribution is -2.28. The SMILES string of the molecule is CCOC(=O)c1cn2c(cc1=O)-c1cc(Cl)c(O)cc1CC2C(C)C. The van der Waals surface area contributed by atoms with E-state index in [0.717, 1.165) is 11.1 Å². The van der Waals surface area contributed by atoms with Gasteiger partial charge in [-0.1, -0.05) is 25.4 Å². The Hall–Kier alpha value is -2.27. The first-order valence-corrected chi connectivity index (χ1v) is 8.66. The van der Waals surface area contributed by atoms with Crippen LogP contribution in [0, 0.1) is 5.92 Å². The highest BCUT2D eigenvalue weighted by Gasteiger charge is 2.29. The Morgan fingerprint density at radius 1 is 1.40 bits per heavy atom. The topological polar surface area (TPSA) is 68.5 Å². The maximum absolute atomic E-state index is 12.4. The van der Waals surface area contributed by atoms with E-state index >= 15 is 0 Å². The van der Waals surface area contributed by atoms with E-state index in [0.29, 0.717) is 12.1 Å². The van der Waals surface area contributed by atoms with Crippen molar-refractivity contribution in [2.24, 2.45) is 5.92 Å². The van der Waals surface area contributed by atoms with Gasteiger partial charge in [0, 0.05) is 23.9 Å². The number of phenolic OH excluding ortho intramolecular Hbond substituents is 1. The molecule has 1 unspecified atom stereocenters. The summed E-state index contributed by atoms with van der Waals surface area (Å²) in [6.45, 7) is 6.08. The van der Waals surface area contributed by atoms with Crippen molar-refractivity contribution >= 4 is 17.6 Å². The molecular weight excluding hydrogens is 342 g/mol. The predicted molar refractivity (Wildman–Crippen MR) is 96.3 cm³/mol. The molecule has 0 fully saturated rings. The average Bonchev–Trinajstić information content (AvgIpc) is 2.55. The summed E-state index contributed by atoms with van der Waals surface area (Å²) >= 11 is 6.06. The standard InChI is InChI=1S/C19H20ClNO4/c1-4-25-19(24)13-9-21-15(10(2)3)5-11-6-18(23)14(20)7-12(11)16(21)8-17(13)22/h6-10,15,23H,4-5H2,1-3H3. The first-order valence-electron chi connectivity index (χ1n) is 8.28. The number of carbonyl (C=O) groups excluding carboxylic acids is 1. The van der Waals surface area contributed by atoms with Crippen molar-refractivity contribution in [2.45, 2.75) is 33.2 Å². The second-order valence-electron chi connectivity index (χ2n) is 6.54. The number of aromatic hydroxyl groups is 1. The number of halogens is 1. The number of phenols is 1. The number of ether oxygens (including phenoxy) is 1. The highest BCUT2D eigenvalue weighted by atomic mass is 35.5. The molecule has 0 saturated heterocycles. The van der Waals surface area contributed by atoms with E-state index in [2.05, 4.69) is 13.8 Å². The van der Waals surface area contributed by atoms with Crippen molar-refractivity contribution in [1.82, 2.24) is 4.57 Å². The summed E-state index contributed by atoms with van der Waals surface area (Å²) in [5.41, 5.74) is 2.07. The zero-order valence-corrected chi connectivity index (χ0v) is 15.1. The Labute approximate surface area is 150 Å². The van der Waals surface area contributed by atoms with Gasteiger partial charge in [-0.25, -0.2) is 4.79 Å². The van der Waals surface area contributed by atoms with Gasteiger partial charge in [0.1, 0.15) is 11.3 Å². The fourth-order valence-corrected chi connectivity index (χ4v) is 3.46. The number of hydrogen-bond donors (Lipinski definition) is 1. The lowest BCUT2D eigenvalue weighted by atomic mass is 9.87. The number of hydrogen-bond acceptors (Lipinski definition) is 4. The molecule has 0 aliphatic carbocycles. The Bertz CT molecular complexity index is 901. The first-order chi connectivity index (χ1) is 11.8. The Morgan fingerprint density at radius 3 is 2.76 bits per heavy atom. The number of aromatic nitrogens is 1. The van der Waals surface area contributed by atoms with E-state index in [1.807, 2.05) is 4.57 Å². The monoisotopic (exact) mass is 361 g/mol. The molecule has 0 radical (unpaired) electrons. The number of fused-ring (bicyclic) bond motifs is 3. The molecule has 1 aliphatic rings. The average molecular weight is 362 g/mol. The van der Waals surface area contributed by atoms with Gasteiger partial charge >= 0.3 is 5.97 Å². The highest BCUT2D eigenvalue weighted by molar-refractivity contribution is 6.32. The summed E-state index contributed by atoms with van der Waals surface area (Å²) in [5.74, 6) is -0.316. The molecule has 1 atom stereocenters. The maximum Gasteiger partial charge on any atom is 0.343 e. The van der Waals surface area contributed by atoms with Gasteiger partial charge in [0.25, 0.3) is 0 Å². The molecule has 1 N–H and O–H groups in total. The van der Waals surface area contributed by atoms with Crippen LogP contribution < -0.4 is 5.43 Å². The fourth-order valence-electron chi connectivity index (χ4n) is 3.30. The van der Waals surface area contributed by atoms with Gasteiger partial charge in [0.05, 0.1) is 17.3 Å². The lowest BCUT2D eigenvalue weighted by Gasteiger charge is -2.33. The molecule has 1 aromatic carbocycles. The molecule has 3 rings (SSSR count). The van der Waals surface area contributed by atoms with Crippen LogP contribution in [0.5, 0.6) is 5.75 Å². The molecule has 1 aromatic heterocycles. The summed E-state index contributed by atoms with van der Waals surface area (Å²) < 4.78 is 6.95.